The quantitative estimate of drug-likeness (QED) is 0.779. The third-order valence-electron chi connectivity index (χ3n) is 4.88. The van der Waals surface area contributed by atoms with Crippen molar-refractivity contribution in [3.8, 4) is 0 Å². The summed E-state index contributed by atoms with van der Waals surface area (Å²) in [7, 11) is 0. The Labute approximate surface area is 114 Å². The van der Waals surface area contributed by atoms with Gasteiger partial charge >= 0.3 is 0 Å². The molecule has 2 heteroatoms. The molecule has 106 valence electrons. The maximum Gasteiger partial charge on any atom is 0.0195 e. The van der Waals surface area contributed by atoms with Gasteiger partial charge in [0.1, 0.15) is 0 Å². The Balaban J connectivity index is 1.87. The van der Waals surface area contributed by atoms with Gasteiger partial charge in [-0.2, -0.15) is 0 Å². The van der Waals surface area contributed by atoms with Gasteiger partial charge in [-0.05, 0) is 57.0 Å². The van der Waals surface area contributed by atoms with Gasteiger partial charge in [0.15, 0.2) is 0 Å². The van der Waals surface area contributed by atoms with E-state index >= 15 is 0 Å². The maximum atomic E-state index is 3.67. The van der Waals surface area contributed by atoms with E-state index in [1.54, 1.807) is 0 Å². The number of hydrogen-bond donors (Lipinski definition) is 1. The van der Waals surface area contributed by atoms with Crippen molar-refractivity contribution in [3.63, 3.8) is 0 Å². The van der Waals surface area contributed by atoms with Crippen molar-refractivity contribution < 1.29 is 0 Å². The average Bonchev–Trinajstić information content (AvgIpc) is 2.93. The van der Waals surface area contributed by atoms with Crippen LogP contribution in [-0.2, 0) is 0 Å². The van der Waals surface area contributed by atoms with Crippen LogP contribution < -0.4 is 5.32 Å². The minimum Gasteiger partial charge on any atom is -0.313 e. The van der Waals surface area contributed by atoms with E-state index in [2.05, 4.69) is 31.0 Å². The van der Waals surface area contributed by atoms with E-state index in [4.69, 9.17) is 0 Å². The molecule has 2 nitrogen and oxygen atoms in total. The number of hydrogen-bond acceptors (Lipinski definition) is 2. The summed E-state index contributed by atoms with van der Waals surface area (Å²) in [5, 5.41) is 3.67. The Morgan fingerprint density at radius 1 is 1.28 bits per heavy atom. The molecule has 2 fully saturated rings. The molecule has 2 unspecified atom stereocenters. The highest BCUT2D eigenvalue weighted by Gasteiger charge is 2.34. The van der Waals surface area contributed by atoms with Gasteiger partial charge < -0.3 is 5.32 Å². The largest absolute Gasteiger partial charge is 0.313 e. The highest BCUT2D eigenvalue weighted by molar-refractivity contribution is 4.90. The standard InChI is InChI=1S/C16H32N2/c1-4-5-11-18(13-14-7-6-10-17-14)15-8-9-16(2,3)12-15/h14-15,17H,4-13H2,1-3H3. The fourth-order valence-corrected chi connectivity index (χ4v) is 3.69. The Morgan fingerprint density at radius 3 is 2.67 bits per heavy atom. The van der Waals surface area contributed by atoms with Crippen LogP contribution in [0.1, 0.15) is 65.7 Å². The molecule has 0 aromatic carbocycles. The molecule has 1 saturated carbocycles. The third kappa shape index (κ3) is 3.96. The van der Waals surface area contributed by atoms with E-state index in [1.165, 1.54) is 64.6 Å². The summed E-state index contributed by atoms with van der Waals surface area (Å²) in [5.74, 6) is 0. The van der Waals surface area contributed by atoms with Gasteiger partial charge in [-0.25, -0.2) is 0 Å². The van der Waals surface area contributed by atoms with E-state index in [9.17, 15) is 0 Å². The lowest BCUT2D eigenvalue weighted by Crippen LogP contribution is -2.43. The molecule has 2 atom stereocenters. The summed E-state index contributed by atoms with van der Waals surface area (Å²) in [6.07, 6.45) is 9.70. The summed E-state index contributed by atoms with van der Waals surface area (Å²) in [6, 6.07) is 1.62. The van der Waals surface area contributed by atoms with Crippen molar-refractivity contribution in [1.29, 1.82) is 0 Å². The Bertz CT molecular complexity index is 243. The van der Waals surface area contributed by atoms with Gasteiger partial charge in [-0.15, -0.1) is 0 Å². The first-order valence-electron chi connectivity index (χ1n) is 8.08. The lowest BCUT2D eigenvalue weighted by molar-refractivity contribution is 0.169. The lowest BCUT2D eigenvalue weighted by Gasteiger charge is -2.32. The van der Waals surface area contributed by atoms with Crippen molar-refractivity contribution in [3.05, 3.63) is 0 Å². The van der Waals surface area contributed by atoms with Crippen LogP contribution in [0.5, 0.6) is 0 Å². The van der Waals surface area contributed by atoms with E-state index in [-0.39, 0.29) is 0 Å². The van der Waals surface area contributed by atoms with Crippen molar-refractivity contribution in [2.24, 2.45) is 5.41 Å². The van der Waals surface area contributed by atoms with Crippen LogP contribution in [0.25, 0.3) is 0 Å². The molecular weight excluding hydrogens is 220 g/mol. The fraction of sp³-hybridized carbons (Fsp3) is 1.00. The second kappa shape index (κ2) is 6.38. The molecule has 1 aliphatic carbocycles. The first-order chi connectivity index (χ1) is 8.61. The number of nitrogens with one attached hydrogen (secondary N) is 1. The number of nitrogens with zero attached hydrogens (tertiary/aromatic N) is 1. The Hall–Kier alpha value is -0.0800. The van der Waals surface area contributed by atoms with Crippen LogP contribution in [0.2, 0.25) is 0 Å². The van der Waals surface area contributed by atoms with Crippen LogP contribution in [0.4, 0.5) is 0 Å². The van der Waals surface area contributed by atoms with Crippen molar-refractivity contribution >= 4 is 0 Å². The lowest BCUT2D eigenvalue weighted by atomic mass is 9.91. The minimum absolute atomic E-state index is 0.582. The van der Waals surface area contributed by atoms with Gasteiger partial charge in [-0.3, -0.25) is 4.90 Å². The summed E-state index contributed by atoms with van der Waals surface area (Å²) in [5.41, 5.74) is 0.582. The summed E-state index contributed by atoms with van der Waals surface area (Å²) in [6.45, 7) is 11.0. The molecule has 1 saturated heterocycles. The van der Waals surface area contributed by atoms with Crippen LogP contribution in [0, 0.1) is 5.41 Å². The van der Waals surface area contributed by atoms with Crippen molar-refractivity contribution in [2.45, 2.75) is 77.8 Å². The second-order valence-corrected chi connectivity index (χ2v) is 7.20. The van der Waals surface area contributed by atoms with Crippen LogP contribution in [0.15, 0.2) is 0 Å². The molecule has 1 heterocycles. The first kappa shape index (κ1) is 14.3. The Morgan fingerprint density at radius 2 is 2.11 bits per heavy atom. The van der Waals surface area contributed by atoms with Gasteiger partial charge in [0.2, 0.25) is 0 Å². The molecule has 0 amide bonds. The molecule has 0 spiro atoms. The van der Waals surface area contributed by atoms with Crippen molar-refractivity contribution in [1.82, 2.24) is 10.2 Å². The van der Waals surface area contributed by atoms with Gasteiger partial charge in [-0.1, -0.05) is 27.2 Å². The Kier molecular flexibility index (Phi) is 5.08. The fourth-order valence-electron chi connectivity index (χ4n) is 3.69. The monoisotopic (exact) mass is 252 g/mol. The van der Waals surface area contributed by atoms with Gasteiger partial charge in [0.05, 0.1) is 0 Å². The highest BCUT2D eigenvalue weighted by Crippen LogP contribution is 2.39. The number of rotatable bonds is 6. The van der Waals surface area contributed by atoms with Crippen LogP contribution in [-0.4, -0.2) is 36.6 Å². The predicted molar refractivity (Wildman–Crippen MR) is 78.9 cm³/mol. The molecular formula is C16H32N2. The third-order valence-corrected chi connectivity index (χ3v) is 4.88. The predicted octanol–water partition coefficient (Wildman–Crippen LogP) is 3.42. The van der Waals surface area contributed by atoms with Gasteiger partial charge in [0.25, 0.3) is 0 Å². The topological polar surface area (TPSA) is 15.3 Å². The van der Waals surface area contributed by atoms with E-state index in [0.29, 0.717) is 5.41 Å². The molecule has 0 aromatic rings. The zero-order valence-electron chi connectivity index (χ0n) is 12.7. The van der Waals surface area contributed by atoms with E-state index < -0.39 is 0 Å². The molecule has 1 N–H and O–H groups in total. The van der Waals surface area contributed by atoms with Crippen molar-refractivity contribution in [2.75, 3.05) is 19.6 Å². The smallest absolute Gasteiger partial charge is 0.0195 e. The molecule has 1 aliphatic heterocycles. The minimum atomic E-state index is 0.582. The second-order valence-electron chi connectivity index (χ2n) is 7.20. The zero-order valence-corrected chi connectivity index (χ0v) is 12.7. The summed E-state index contributed by atoms with van der Waals surface area (Å²) in [4.78, 5) is 2.81. The number of unbranched alkanes of at least 4 members (excludes halogenated alkanes) is 1. The first-order valence-corrected chi connectivity index (χ1v) is 8.08. The van der Waals surface area contributed by atoms with E-state index in [1.807, 2.05) is 0 Å². The zero-order chi connectivity index (χ0) is 13.0. The molecule has 0 radical (unpaired) electrons. The van der Waals surface area contributed by atoms with Crippen LogP contribution in [0.3, 0.4) is 0 Å². The van der Waals surface area contributed by atoms with E-state index in [0.717, 1.165) is 12.1 Å². The molecule has 0 bridgehead atoms. The summed E-state index contributed by atoms with van der Waals surface area (Å²) >= 11 is 0. The van der Waals surface area contributed by atoms with Gasteiger partial charge in [0, 0.05) is 18.6 Å². The average molecular weight is 252 g/mol. The summed E-state index contributed by atoms with van der Waals surface area (Å²) < 4.78 is 0. The molecule has 2 rings (SSSR count). The molecule has 18 heavy (non-hydrogen) atoms. The maximum absolute atomic E-state index is 3.67. The van der Waals surface area contributed by atoms with Crippen LogP contribution >= 0.6 is 0 Å². The SMILES string of the molecule is CCCCN(CC1CCCN1)C1CCC(C)(C)C1. The highest BCUT2D eigenvalue weighted by atomic mass is 15.2. The molecule has 2 aliphatic rings. The normalized spacial score (nSPS) is 31.3. The molecule has 0 aromatic heterocycles.